The van der Waals surface area contributed by atoms with E-state index in [9.17, 15) is 19.0 Å². The Hall–Kier alpha value is -1.51. The molecule has 0 radical (unpaired) electrons. The first-order valence-electron chi connectivity index (χ1n) is 26.1. The largest absolute Gasteiger partial charge is 0.472 e. The normalized spacial score (nSPS) is 13.6. The second-order valence-electron chi connectivity index (χ2n) is 18.9. The molecule has 0 aromatic carbocycles. The first-order chi connectivity index (χ1) is 30.0. The molecular weight excluding hydrogens is 798 g/mol. The molecule has 0 fully saturated rings. The van der Waals surface area contributed by atoms with Crippen LogP contribution < -0.4 is 0 Å². The van der Waals surface area contributed by atoms with Crippen LogP contribution in [0.5, 0.6) is 0 Å². The Labute approximate surface area is 383 Å². The number of likely N-dealkylation sites (N-methyl/N-ethyl adjacent to an activating group) is 1. The van der Waals surface area contributed by atoms with Crippen LogP contribution in [0.4, 0.5) is 0 Å². The van der Waals surface area contributed by atoms with Crippen LogP contribution in [0.2, 0.25) is 0 Å². The first-order valence-corrected chi connectivity index (χ1v) is 27.6. The van der Waals surface area contributed by atoms with E-state index < -0.39 is 26.5 Å². The molecule has 10 heteroatoms. The van der Waals surface area contributed by atoms with Crippen LogP contribution in [0.25, 0.3) is 0 Å². The third kappa shape index (κ3) is 48.0. The van der Waals surface area contributed by atoms with Crippen LogP contribution in [0.1, 0.15) is 245 Å². The van der Waals surface area contributed by atoms with E-state index in [0.29, 0.717) is 17.4 Å². The minimum absolute atomic E-state index is 0.0327. The molecule has 0 aliphatic rings. The van der Waals surface area contributed by atoms with Crippen molar-refractivity contribution >= 4 is 19.8 Å². The number of carbonyl (C=O) groups is 2. The second-order valence-corrected chi connectivity index (χ2v) is 20.4. The Balaban J connectivity index is 4.23. The molecule has 62 heavy (non-hydrogen) atoms. The maximum absolute atomic E-state index is 12.8. The van der Waals surface area contributed by atoms with Crippen molar-refractivity contribution in [1.29, 1.82) is 0 Å². The molecule has 0 aliphatic heterocycles. The topological polar surface area (TPSA) is 108 Å². The number of rotatable bonds is 48. The molecule has 2 atom stereocenters. The zero-order chi connectivity index (χ0) is 45.7. The molecule has 9 nitrogen and oxygen atoms in total. The quantitative estimate of drug-likeness (QED) is 0.0211. The SMILES string of the molecule is CCCCCCCC/C=C/CCCCCCCCCCCC(=O)OCC(COP(=O)(O)OCC[N+](C)(C)C)OC(=O)CCCCCCCCCCC/C=C/CCCCCCCC. The van der Waals surface area contributed by atoms with Gasteiger partial charge in [-0.25, -0.2) is 4.57 Å². The van der Waals surface area contributed by atoms with Crippen LogP contribution in [0, 0.1) is 0 Å². The fourth-order valence-corrected chi connectivity index (χ4v) is 8.10. The van der Waals surface area contributed by atoms with E-state index in [0.717, 1.165) is 38.5 Å². The second kappa shape index (κ2) is 44.7. The number of phosphoric ester groups is 1. The highest BCUT2D eigenvalue weighted by molar-refractivity contribution is 7.47. The smallest absolute Gasteiger partial charge is 0.462 e. The average molecular weight is 899 g/mol. The summed E-state index contributed by atoms with van der Waals surface area (Å²) in [7, 11) is 1.48. The standard InChI is InChI=1S/C52H100NO8P/c1-6-8-10-12-14-16-18-20-22-24-26-28-30-32-34-36-38-40-42-44-51(54)58-48-50(49-60-62(56,57)59-47-46-53(3,4)5)61-52(55)45-43-41-39-37-35-33-31-29-27-25-23-21-19-17-15-13-11-9-7-2/h20-23,50H,6-19,24-49H2,1-5H3/p+1/b22-20+,23-21+. The Morgan fingerprint density at radius 3 is 1.19 bits per heavy atom. The fourth-order valence-electron chi connectivity index (χ4n) is 7.36. The van der Waals surface area contributed by atoms with Gasteiger partial charge in [0.2, 0.25) is 0 Å². The zero-order valence-corrected chi connectivity index (χ0v) is 42.3. The van der Waals surface area contributed by atoms with Gasteiger partial charge in [0.15, 0.2) is 6.10 Å². The van der Waals surface area contributed by atoms with Gasteiger partial charge in [0, 0.05) is 12.8 Å². The van der Waals surface area contributed by atoms with Gasteiger partial charge in [0.1, 0.15) is 19.8 Å². The predicted octanol–water partition coefficient (Wildman–Crippen LogP) is 15.5. The van der Waals surface area contributed by atoms with E-state index in [-0.39, 0.29) is 32.0 Å². The van der Waals surface area contributed by atoms with Crippen molar-refractivity contribution in [2.24, 2.45) is 0 Å². The summed E-state index contributed by atoms with van der Waals surface area (Å²) in [6.45, 7) is 4.45. The van der Waals surface area contributed by atoms with Gasteiger partial charge in [-0.3, -0.25) is 18.6 Å². The summed E-state index contributed by atoms with van der Waals surface area (Å²) in [5, 5.41) is 0. The van der Waals surface area contributed by atoms with Crippen molar-refractivity contribution in [2.75, 3.05) is 47.5 Å². The summed E-state index contributed by atoms with van der Waals surface area (Å²) < 4.78 is 34.5. The van der Waals surface area contributed by atoms with Crippen LogP contribution in [0.15, 0.2) is 24.3 Å². The molecule has 366 valence electrons. The van der Waals surface area contributed by atoms with Gasteiger partial charge in [-0.15, -0.1) is 0 Å². The molecule has 1 N–H and O–H groups in total. The molecule has 0 saturated heterocycles. The van der Waals surface area contributed by atoms with Crippen molar-refractivity contribution in [3.63, 3.8) is 0 Å². The molecular formula is C52H101NO8P+. The van der Waals surface area contributed by atoms with E-state index >= 15 is 0 Å². The number of quaternary nitrogens is 1. The molecule has 0 heterocycles. The van der Waals surface area contributed by atoms with Gasteiger partial charge in [-0.2, -0.15) is 0 Å². The summed E-state index contributed by atoms with van der Waals surface area (Å²) >= 11 is 0. The fraction of sp³-hybridized carbons (Fsp3) is 0.885. The Morgan fingerprint density at radius 2 is 0.823 bits per heavy atom. The number of phosphoric acid groups is 1. The monoisotopic (exact) mass is 899 g/mol. The number of nitrogens with zero attached hydrogens (tertiary/aromatic N) is 1. The maximum atomic E-state index is 12.8. The lowest BCUT2D eigenvalue weighted by atomic mass is 10.1. The van der Waals surface area contributed by atoms with Crippen LogP contribution in [-0.4, -0.2) is 74.9 Å². The van der Waals surface area contributed by atoms with Gasteiger partial charge >= 0.3 is 19.8 Å². The summed E-state index contributed by atoms with van der Waals surface area (Å²) in [6.07, 6.45) is 50.8. The molecule has 0 spiro atoms. The first kappa shape index (κ1) is 60.5. The number of ether oxygens (including phenoxy) is 2. The molecule has 2 unspecified atom stereocenters. The van der Waals surface area contributed by atoms with Crippen molar-refractivity contribution in [1.82, 2.24) is 0 Å². The summed E-state index contributed by atoms with van der Waals surface area (Å²) in [4.78, 5) is 35.6. The molecule has 0 amide bonds. The number of carbonyl (C=O) groups excluding carboxylic acids is 2. The highest BCUT2D eigenvalue weighted by atomic mass is 31.2. The molecule has 0 aromatic rings. The number of hydrogen-bond acceptors (Lipinski definition) is 7. The number of hydrogen-bond donors (Lipinski definition) is 1. The highest BCUT2D eigenvalue weighted by Crippen LogP contribution is 2.43. The summed E-state index contributed by atoms with van der Waals surface area (Å²) in [6, 6.07) is 0. The summed E-state index contributed by atoms with van der Waals surface area (Å²) in [5.41, 5.74) is 0. The van der Waals surface area contributed by atoms with Crippen LogP contribution in [-0.2, 0) is 32.7 Å². The highest BCUT2D eigenvalue weighted by Gasteiger charge is 2.27. The van der Waals surface area contributed by atoms with Crippen molar-refractivity contribution < 1.29 is 42.1 Å². The van der Waals surface area contributed by atoms with E-state index in [1.165, 1.54) is 173 Å². The minimum Gasteiger partial charge on any atom is -0.462 e. The van der Waals surface area contributed by atoms with Crippen molar-refractivity contribution in [2.45, 2.75) is 251 Å². The zero-order valence-electron chi connectivity index (χ0n) is 41.4. The van der Waals surface area contributed by atoms with Gasteiger partial charge < -0.3 is 18.9 Å². The number of allylic oxidation sites excluding steroid dienone is 4. The van der Waals surface area contributed by atoms with Gasteiger partial charge in [0.05, 0.1) is 27.7 Å². The Bertz CT molecular complexity index is 1110. The van der Waals surface area contributed by atoms with Crippen molar-refractivity contribution in [3.8, 4) is 0 Å². The Kier molecular flexibility index (Phi) is 43.6. The van der Waals surface area contributed by atoms with Crippen LogP contribution in [0.3, 0.4) is 0 Å². The van der Waals surface area contributed by atoms with Crippen LogP contribution >= 0.6 is 7.82 Å². The molecule has 0 aliphatic carbocycles. The number of unbranched alkanes of at least 4 members (excludes halogenated alkanes) is 30. The average Bonchev–Trinajstić information content (AvgIpc) is 3.23. The molecule has 0 rings (SSSR count). The molecule has 0 saturated carbocycles. The van der Waals surface area contributed by atoms with Gasteiger partial charge in [0.25, 0.3) is 0 Å². The van der Waals surface area contributed by atoms with E-state index in [1.807, 2.05) is 21.1 Å². The molecule has 0 bridgehead atoms. The van der Waals surface area contributed by atoms with E-state index in [2.05, 4.69) is 38.2 Å². The minimum atomic E-state index is -4.38. The lowest BCUT2D eigenvalue weighted by Gasteiger charge is -2.24. The van der Waals surface area contributed by atoms with E-state index in [4.69, 9.17) is 18.5 Å². The maximum Gasteiger partial charge on any atom is 0.472 e. The lowest BCUT2D eigenvalue weighted by molar-refractivity contribution is -0.870. The van der Waals surface area contributed by atoms with E-state index in [1.54, 1.807) is 0 Å². The molecule has 0 aromatic heterocycles. The third-order valence-electron chi connectivity index (χ3n) is 11.5. The summed E-state index contributed by atoms with van der Waals surface area (Å²) in [5.74, 6) is -0.792. The third-order valence-corrected chi connectivity index (χ3v) is 12.4. The van der Waals surface area contributed by atoms with Gasteiger partial charge in [-0.1, -0.05) is 192 Å². The van der Waals surface area contributed by atoms with Crippen molar-refractivity contribution in [3.05, 3.63) is 24.3 Å². The number of esters is 2. The Morgan fingerprint density at radius 1 is 0.484 bits per heavy atom. The lowest BCUT2D eigenvalue weighted by Crippen LogP contribution is -2.37. The van der Waals surface area contributed by atoms with Gasteiger partial charge in [-0.05, 0) is 64.2 Å². The predicted molar refractivity (Wildman–Crippen MR) is 261 cm³/mol.